The van der Waals surface area contributed by atoms with Crippen molar-refractivity contribution in [3.8, 4) is 5.88 Å². The average molecular weight is 395 g/mol. The number of fused-ring (bicyclic) bond motifs is 1. The molecule has 0 spiro atoms. The van der Waals surface area contributed by atoms with E-state index in [1.807, 2.05) is 26.0 Å². The van der Waals surface area contributed by atoms with Crippen LogP contribution in [0.5, 0.6) is 5.88 Å². The zero-order valence-corrected chi connectivity index (χ0v) is 17.0. The lowest BCUT2D eigenvalue weighted by molar-refractivity contribution is -0.0267. The van der Waals surface area contributed by atoms with Crippen LogP contribution in [0.1, 0.15) is 35.0 Å². The van der Waals surface area contributed by atoms with E-state index in [4.69, 9.17) is 15.2 Å². The highest BCUT2D eigenvalue weighted by atomic mass is 16.5. The molecule has 0 bridgehead atoms. The zero-order chi connectivity index (χ0) is 21.0. The van der Waals surface area contributed by atoms with Gasteiger partial charge in [0.2, 0.25) is 5.88 Å². The van der Waals surface area contributed by atoms with Gasteiger partial charge < -0.3 is 20.1 Å². The molecule has 0 radical (unpaired) electrons. The van der Waals surface area contributed by atoms with Gasteiger partial charge in [-0.15, -0.1) is 5.10 Å². The number of carbonyl (C=O) groups excluding carboxylic acids is 1. The van der Waals surface area contributed by atoms with Crippen LogP contribution in [0.15, 0.2) is 36.4 Å². The number of nitrogen functional groups attached to an aromatic ring is 1. The summed E-state index contributed by atoms with van der Waals surface area (Å²) in [6, 6.07) is 10.8. The molecule has 3 aromatic rings. The first kappa shape index (κ1) is 20.5. The Bertz CT molecular complexity index is 1000. The molecule has 0 fully saturated rings. The van der Waals surface area contributed by atoms with Gasteiger partial charge in [0.15, 0.2) is 0 Å². The molecule has 3 rings (SSSR count). The molecule has 1 atom stereocenters. The first-order chi connectivity index (χ1) is 14.0. The van der Waals surface area contributed by atoms with Crippen LogP contribution in [0, 0.1) is 6.92 Å². The first-order valence-electron chi connectivity index (χ1n) is 9.34. The molecule has 1 unspecified atom stereocenters. The van der Waals surface area contributed by atoms with Gasteiger partial charge in [-0.25, -0.2) is 4.98 Å². The van der Waals surface area contributed by atoms with Gasteiger partial charge in [0, 0.05) is 24.1 Å². The Hall–Kier alpha value is -3.26. The monoisotopic (exact) mass is 395 g/mol. The van der Waals surface area contributed by atoms with Gasteiger partial charge in [0.1, 0.15) is 12.0 Å². The summed E-state index contributed by atoms with van der Waals surface area (Å²) in [6.07, 6.45) is 0.240. The largest absolute Gasteiger partial charge is 0.480 e. The maximum atomic E-state index is 13.4. The van der Waals surface area contributed by atoms with Gasteiger partial charge in [-0.3, -0.25) is 4.79 Å². The van der Waals surface area contributed by atoms with Gasteiger partial charge in [-0.2, -0.15) is 5.10 Å². The third-order valence-electron chi connectivity index (χ3n) is 4.76. The van der Waals surface area contributed by atoms with Gasteiger partial charge in [-0.1, -0.05) is 6.92 Å². The number of aryl methyl sites for hydroxylation is 1. The SMILES string of the molecule is CCC(OC)N(Cc1ccc(OC)nn1)C(=O)c1ccc2nc(N)c(C)cc2c1. The number of carbonyl (C=O) groups is 1. The number of benzene rings is 1. The van der Waals surface area contributed by atoms with Crippen molar-refractivity contribution in [2.75, 3.05) is 20.0 Å². The summed E-state index contributed by atoms with van der Waals surface area (Å²) >= 11 is 0. The van der Waals surface area contributed by atoms with Crippen molar-refractivity contribution in [3.05, 3.63) is 53.2 Å². The molecule has 0 aliphatic heterocycles. The minimum absolute atomic E-state index is 0.160. The highest BCUT2D eigenvalue weighted by Crippen LogP contribution is 2.22. The standard InChI is InChI=1S/C21H25N5O3/c1-5-19(29-4)26(12-16-7-9-18(28-3)25-24-16)21(27)14-6-8-17-15(11-14)10-13(2)20(22)23-17/h6-11,19H,5,12H2,1-4H3,(H2,22,23). The van der Waals surface area contributed by atoms with Crippen LogP contribution >= 0.6 is 0 Å². The summed E-state index contributed by atoms with van der Waals surface area (Å²) in [4.78, 5) is 19.4. The first-order valence-corrected chi connectivity index (χ1v) is 9.34. The van der Waals surface area contributed by atoms with Crippen LogP contribution in [0.4, 0.5) is 5.82 Å². The van der Waals surface area contributed by atoms with Gasteiger partial charge in [0.05, 0.1) is 24.9 Å². The number of ether oxygens (including phenoxy) is 2. The van der Waals surface area contributed by atoms with Crippen LogP contribution in [-0.2, 0) is 11.3 Å². The summed E-state index contributed by atoms with van der Waals surface area (Å²) in [5, 5.41) is 8.98. The van der Waals surface area contributed by atoms with Crippen molar-refractivity contribution in [1.29, 1.82) is 0 Å². The van der Waals surface area contributed by atoms with E-state index in [2.05, 4.69) is 15.2 Å². The number of rotatable bonds is 7. The number of amides is 1. The van der Waals surface area contributed by atoms with E-state index in [-0.39, 0.29) is 12.5 Å². The fourth-order valence-electron chi connectivity index (χ4n) is 3.13. The summed E-state index contributed by atoms with van der Waals surface area (Å²) in [5.74, 6) is 0.747. The summed E-state index contributed by atoms with van der Waals surface area (Å²) in [6.45, 7) is 4.12. The highest BCUT2D eigenvalue weighted by Gasteiger charge is 2.24. The van der Waals surface area contributed by atoms with Gasteiger partial charge >= 0.3 is 0 Å². The minimum Gasteiger partial charge on any atom is -0.480 e. The van der Waals surface area contributed by atoms with Crippen molar-refractivity contribution >= 4 is 22.6 Å². The molecule has 2 heterocycles. The Kier molecular flexibility index (Phi) is 6.23. The van der Waals surface area contributed by atoms with E-state index in [9.17, 15) is 4.79 Å². The lowest BCUT2D eigenvalue weighted by Crippen LogP contribution is -2.41. The number of aromatic nitrogens is 3. The van der Waals surface area contributed by atoms with E-state index in [0.29, 0.717) is 29.4 Å². The molecule has 8 nitrogen and oxygen atoms in total. The number of nitrogens with two attached hydrogens (primary N) is 1. The summed E-state index contributed by atoms with van der Waals surface area (Å²) in [7, 11) is 3.12. The molecule has 29 heavy (non-hydrogen) atoms. The van der Waals surface area contributed by atoms with E-state index >= 15 is 0 Å². The Morgan fingerprint density at radius 3 is 2.59 bits per heavy atom. The fourth-order valence-corrected chi connectivity index (χ4v) is 3.13. The Morgan fingerprint density at radius 1 is 1.17 bits per heavy atom. The number of hydrogen-bond donors (Lipinski definition) is 1. The molecule has 2 aromatic heterocycles. The molecule has 8 heteroatoms. The van der Waals surface area contributed by atoms with Crippen molar-refractivity contribution in [1.82, 2.24) is 20.1 Å². The topological polar surface area (TPSA) is 103 Å². The highest BCUT2D eigenvalue weighted by molar-refractivity contribution is 5.98. The van der Waals surface area contributed by atoms with Crippen LogP contribution < -0.4 is 10.5 Å². The number of nitrogens with zero attached hydrogens (tertiary/aromatic N) is 4. The van der Waals surface area contributed by atoms with Crippen molar-refractivity contribution < 1.29 is 14.3 Å². The Labute approximate surface area is 169 Å². The van der Waals surface area contributed by atoms with Crippen LogP contribution in [0.3, 0.4) is 0 Å². The van der Waals surface area contributed by atoms with Crippen molar-refractivity contribution in [2.45, 2.75) is 33.0 Å². The zero-order valence-electron chi connectivity index (χ0n) is 17.0. The maximum Gasteiger partial charge on any atom is 0.256 e. The van der Waals surface area contributed by atoms with Crippen LogP contribution in [0.2, 0.25) is 0 Å². The molecule has 2 N–H and O–H groups in total. The second kappa shape index (κ2) is 8.83. The Balaban J connectivity index is 1.94. The molecule has 0 aliphatic carbocycles. The van der Waals surface area contributed by atoms with Crippen molar-refractivity contribution in [2.24, 2.45) is 0 Å². The Morgan fingerprint density at radius 2 is 1.97 bits per heavy atom. The predicted molar refractivity (Wildman–Crippen MR) is 110 cm³/mol. The molecule has 1 aromatic carbocycles. The van der Waals surface area contributed by atoms with Gasteiger partial charge in [-0.05, 0) is 49.2 Å². The molecule has 0 saturated heterocycles. The second-order valence-electron chi connectivity index (χ2n) is 6.70. The number of anilines is 1. The lowest BCUT2D eigenvalue weighted by Gasteiger charge is -2.30. The van der Waals surface area contributed by atoms with Crippen molar-refractivity contribution in [3.63, 3.8) is 0 Å². The predicted octanol–water partition coefficient (Wildman–Crippen LogP) is 2.95. The average Bonchev–Trinajstić information content (AvgIpc) is 2.74. The van der Waals surface area contributed by atoms with E-state index < -0.39 is 6.23 Å². The number of pyridine rings is 1. The smallest absolute Gasteiger partial charge is 0.256 e. The van der Waals surface area contributed by atoms with E-state index in [0.717, 1.165) is 16.5 Å². The lowest BCUT2D eigenvalue weighted by atomic mass is 10.1. The molecule has 1 amide bonds. The van der Waals surface area contributed by atoms with E-state index in [1.54, 1.807) is 36.3 Å². The summed E-state index contributed by atoms with van der Waals surface area (Å²) in [5.41, 5.74) is 8.69. The number of hydrogen-bond acceptors (Lipinski definition) is 7. The fraction of sp³-hybridized carbons (Fsp3) is 0.333. The second-order valence-corrected chi connectivity index (χ2v) is 6.70. The molecular weight excluding hydrogens is 370 g/mol. The molecule has 0 saturated carbocycles. The normalized spacial score (nSPS) is 12.0. The van der Waals surface area contributed by atoms with Gasteiger partial charge in [0.25, 0.3) is 5.91 Å². The molecule has 152 valence electrons. The van der Waals surface area contributed by atoms with Crippen LogP contribution in [0.25, 0.3) is 10.9 Å². The minimum atomic E-state index is -0.395. The maximum absolute atomic E-state index is 13.4. The third kappa shape index (κ3) is 4.43. The number of methoxy groups -OCH3 is 2. The summed E-state index contributed by atoms with van der Waals surface area (Å²) < 4.78 is 10.6. The third-order valence-corrected chi connectivity index (χ3v) is 4.76. The van der Waals surface area contributed by atoms with Crippen LogP contribution in [-0.4, -0.2) is 46.4 Å². The molecule has 0 aliphatic rings. The van der Waals surface area contributed by atoms with E-state index in [1.165, 1.54) is 7.11 Å². The quantitative estimate of drug-likeness (QED) is 0.613. The molecular formula is C21H25N5O3.